The Hall–Kier alpha value is -3.97. The standard InChI is InChI=1S/C28H24N2O4S/c1-4-34-27(32)24-17(2)29-28-30(25(24)21-14-7-8-15-22(21)33-3)26(31)23(35-28)16-19-12-9-11-18-10-5-6-13-20(18)19/h5-16,25H,4H2,1-3H3/b23-16-. The molecule has 176 valence electrons. The molecule has 0 N–H and O–H groups in total. The van der Waals surface area contributed by atoms with E-state index in [0.717, 1.165) is 16.3 Å². The van der Waals surface area contributed by atoms with E-state index in [-0.39, 0.29) is 12.2 Å². The van der Waals surface area contributed by atoms with Gasteiger partial charge in [-0.15, -0.1) is 0 Å². The molecule has 1 atom stereocenters. The van der Waals surface area contributed by atoms with Gasteiger partial charge in [-0.05, 0) is 42.3 Å². The molecule has 0 radical (unpaired) electrons. The number of hydrogen-bond donors (Lipinski definition) is 0. The maximum Gasteiger partial charge on any atom is 0.338 e. The summed E-state index contributed by atoms with van der Waals surface area (Å²) in [6.07, 6.45) is 1.90. The first-order valence-electron chi connectivity index (χ1n) is 11.3. The monoisotopic (exact) mass is 484 g/mol. The second-order valence-electron chi connectivity index (χ2n) is 8.11. The van der Waals surface area contributed by atoms with Gasteiger partial charge in [0.15, 0.2) is 4.80 Å². The first kappa shape index (κ1) is 22.8. The van der Waals surface area contributed by atoms with Crippen molar-refractivity contribution in [2.75, 3.05) is 13.7 Å². The number of hydrogen-bond acceptors (Lipinski definition) is 6. The van der Waals surface area contributed by atoms with E-state index in [4.69, 9.17) is 9.47 Å². The van der Waals surface area contributed by atoms with Crippen molar-refractivity contribution in [1.82, 2.24) is 4.57 Å². The summed E-state index contributed by atoms with van der Waals surface area (Å²) in [6, 6.07) is 20.8. The van der Waals surface area contributed by atoms with Crippen molar-refractivity contribution in [2.24, 2.45) is 4.99 Å². The molecule has 0 amide bonds. The van der Waals surface area contributed by atoms with Crippen LogP contribution in [0.5, 0.6) is 5.75 Å². The Morgan fingerprint density at radius 1 is 1.09 bits per heavy atom. The number of methoxy groups -OCH3 is 1. The Labute approximate surface area is 206 Å². The molecule has 1 aromatic heterocycles. The van der Waals surface area contributed by atoms with E-state index in [1.165, 1.54) is 11.3 Å². The predicted octanol–water partition coefficient (Wildman–Crippen LogP) is 3.96. The minimum atomic E-state index is -0.712. The second-order valence-corrected chi connectivity index (χ2v) is 9.12. The summed E-state index contributed by atoms with van der Waals surface area (Å²) in [5.74, 6) is 0.0885. The highest BCUT2D eigenvalue weighted by molar-refractivity contribution is 7.07. The van der Waals surface area contributed by atoms with Crippen LogP contribution in [0.3, 0.4) is 0 Å². The number of carbonyl (C=O) groups is 1. The van der Waals surface area contributed by atoms with Gasteiger partial charge < -0.3 is 9.47 Å². The molecule has 3 aromatic carbocycles. The van der Waals surface area contributed by atoms with Crippen LogP contribution in [0.25, 0.3) is 16.8 Å². The topological polar surface area (TPSA) is 69.9 Å². The molecule has 5 rings (SSSR count). The normalized spacial score (nSPS) is 15.6. The van der Waals surface area contributed by atoms with E-state index in [0.29, 0.717) is 31.9 Å². The van der Waals surface area contributed by atoms with Gasteiger partial charge in [0, 0.05) is 5.56 Å². The number of esters is 1. The molecule has 0 saturated carbocycles. The zero-order chi connectivity index (χ0) is 24.5. The summed E-state index contributed by atoms with van der Waals surface area (Å²) in [5.41, 5.74) is 2.29. The van der Waals surface area contributed by atoms with E-state index < -0.39 is 12.0 Å². The quantitative estimate of drug-likeness (QED) is 0.402. The molecule has 1 aliphatic rings. The average molecular weight is 485 g/mol. The lowest BCUT2D eigenvalue weighted by molar-refractivity contribution is -0.139. The van der Waals surface area contributed by atoms with Crippen LogP contribution in [0.15, 0.2) is 87.8 Å². The minimum Gasteiger partial charge on any atom is -0.496 e. The average Bonchev–Trinajstić information content (AvgIpc) is 3.17. The number of para-hydroxylation sites is 1. The third kappa shape index (κ3) is 3.98. The molecule has 35 heavy (non-hydrogen) atoms. The molecular weight excluding hydrogens is 460 g/mol. The largest absolute Gasteiger partial charge is 0.496 e. The van der Waals surface area contributed by atoms with Crippen molar-refractivity contribution in [3.63, 3.8) is 0 Å². The molecule has 0 spiro atoms. The maximum absolute atomic E-state index is 13.8. The number of ether oxygens (including phenoxy) is 2. The molecule has 0 saturated heterocycles. The second kappa shape index (κ2) is 9.35. The SMILES string of the molecule is CCOC(=O)C1=C(C)N=c2s/c(=C\c3cccc4ccccc34)c(=O)n2C1c1ccccc1OC. The fraction of sp³-hybridized carbons (Fsp3) is 0.179. The molecule has 0 bridgehead atoms. The highest BCUT2D eigenvalue weighted by Gasteiger charge is 2.34. The van der Waals surface area contributed by atoms with Crippen LogP contribution in [-0.4, -0.2) is 24.3 Å². The first-order chi connectivity index (χ1) is 17.0. The molecule has 4 aromatic rings. The lowest BCUT2D eigenvalue weighted by Crippen LogP contribution is -2.40. The van der Waals surface area contributed by atoms with Gasteiger partial charge in [0.05, 0.1) is 29.5 Å². The van der Waals surface area contributed by atoms with E-state index >= 15 is 0 Å². The van der Waals surface area contributed by atoms with Gasteiger partial charge in [-0.3, -0.25) is 9.36 Å². The van der Waals surface area contributed by atoms with Gasteiger partial charge in [-0.25, -0.2) is 9.79 Å². The summed E-state index contributed by atoms with van der Waals surface area (Å²) in [5, 5.41) is 2.16. The van der Waals surface area contributed by atoms with Crippen LogP contribution in [0.1, 0.15) is 31.0 Å². The van der Waals surface area contributed by atoms with E-state index in [1.807, 2.05) is 72.8 Å². The number of carbonyl (C=O) groups excluding carboxylic acids is 1. The van der Waals surface area contributed by atoms with Crippen molar-refractivity contribution >= 4 is 34.2 Å². The number of fused-ring (bicyclic) bond motifs is 2. The van der Waals surface area contributed by atoms with Crippen LogP contribution in [0.4, 0.5) is 0 Å². The maximum atomic E-state index is 13.8. The fourth-order valence-corrected chi connectivity index (χ4v) is 5.53. The summed E-state index contributed by atoms with van der Waals surface area (Å²) < 4.78 is 13.1. The highest BCUT2D eigenvalue weighted by Crippen LogP contribution is 2.35. The lowest BCUT2D eigenvalue weighted by atomic mass is 9.95. The zero-order valence-electron chi connectivity index (χ0n) is 19.6. The van der Waals surface area contributed by atoms with E-state index in [9.17, 15) is 9.59 Å². The van der Waals surface area contributed by atoms with Gasteiger partial charge in [0.2, 0.25) is 0 Å². The highest BCUT2D eigenvalue weighted by atomic mass is 32.1. The molecular formula is C28H24N2O4S. The van der Waals surface area contributed by atoms with Gasteiger partial charge in [0.25, 0.3) is 5.56 Å². The number of thiazole rings is 1. The van der Waals surface area contributed by atoms with Gasteiger partial charge in [-0.1, -0.05) is 72.0 Å². The van der Waals surface area contributed by atoms with Crippen LogP contribution < -0.4 is 19.6 Å². The Balaban J connectivity index is 1.78. The Bertz CT molecular complexity index is 1660. The van der Waals surface area contributed by atoms with Crippen molar-refractivity contribution in [2.45, 2.75) is 19.9 Å². The Morgan fingerprint density at radius 3 is 2.63 bits per heavy atom. The molecule has 0 aliphatic carbocycles. The molecule has 7 heteroatoms. The van der Waals surface area contributed by atoms with Crippen molar-refractivity contribution in [1.29, 1.82) is 0 Å². The molecule has 1 aliphatic heterocycles. The summed E-state index contributed by atoms with van der Waals surface area (Å²) in [6.45, 7) is 3.75. The summed E-state index contributed by atoms with van der Waals surface area (Å²) in [7, 11) is 1.57. The minimum absolute atomic E-state index is 0.216. The van der Waals surface area contributed by atoms with Crippen molar-refractivity contribution in [3.8, 4) is 5.75 Å². The van der Waals surface area contributed by atoms with E-state index in [1.54, 1.807) is 25.5 Å². The van der Waals surface area contributed by atoms with Gasteiger partial charge >= 0.3 is 5.97 Å². The summed E-state index contributed by atoms with van der Waals surface area (Å²) >= 11 is 1.31. The predicted molar refractivity (Wildman–Crippen MR) is 137 cm³/mol. The zero-order valence-corrected chi connectivity index (χ0v) is 20.5. The Morgan fingerprint density at radius 2 is 1.83 bits per heavy atom. The van der Waals surface area contributed by atoms with Crippen LogP contribution in [-0.2, 0) is 9.53 Å². The number of rotatable bonds is 5. The molecule has 1 unspecified atom stereocenters. The molecule has 2 heterocycles. The fourth-order valence-electron chi connectivity index (χ4n) is 4.50. The van der Waals surface area contributed by atoms with Crippen molar-refractivity contribution < 1.29 is 14.3 Å². The smallest absolute Gasteiger partial charge is 0.338 e. The number of benzene rings is 3. The summed E-state index contributed by atoms with van der Waals surface area (Å²) in [4.78, 5) is 32.1. The third-order valence-corrected chi connectivity index (χ3v) is 7.04. The van der Waals surface area contributed by atoms with Gasteiger partial charge in [0.1, 0.15) is 11.8 Å². The Kier molecular flexibility index (Phi) is 6.09. The number of allylic oxidation sites excluding steroid dienone is 1. The number of aromatic nitrogens is 1. The lowest BCUT2D eigenvalue weighted by Gasteiger charge is -2.25. The van der Waals surface area contributed by atoms with Gasteiger partial charge in [-0.2, -0.15) is 0 Å². The van der Waals surface area contributed by atoms with E-state index in [2.05, 4.69) is 4.99 Å². The van der Waals surface area contributed by atoms with Crippen LogP contribution in [0, 0.1) is 0 Å². The van der Waals surface area contributed by atoms with Crippen LogP contribution in [0.2, 0.25) is 0 Å². The van der Waals surface area contributed by atoms with Crippen molar-refractivity contribution in [3.05, 3.63) is 109 Å². The first-order valence-corrected chi connectivity index (χ1v) is 12.2. The molecule has 0 fully saturated rings. The van der Waals surface area contributed by atoms with Crippen LogP contribution >= 0.6 is 11.3 Å². The third-order valence-electron chi connectivity index (χ3n) is 6.06. The molecule has 6 nitrogen and oxygen atoms in total. The number of nitrogens with zero attached hydrogens (tertiary/aromatic N) is 2.